The lowest BCUT2D eigenvalue weighted by Gasteiger charge is -2.37. The highest BCUT2D eigenvalue weighted by molar-refractivity contribution is 6.95. The van der Waals surface area contributed by atoms with Crippen LogP contribution in [-0.2, 0) is 14.3 Å². The Labute approximate surface area is 158 Å². The van der Waals surface area contributed by atoms with Crippen molar-refractivity contribution in [3.63, 3.8) is 0 Å². The van der Waals surface area contributed by atoms with E-state index in [-0.39, 0.29) is 12.6 Å². The Morgan fingerprint density at radius 2 is 1.73 bits per heavy atom. The fourth-order valence-corrected chi connectivity index (χ4v) is 5.23. The first-order chi connectivity index (χ1) is 11.9. The molecule has 0 aliphatic carbocycles. The molecule has 26 heavy (non-hydrogen) atoms. The zero-order chi connectivity index (χ0) is 20.1. The van der Waals surface area contributed by atoms with Gasteiger partial charge in [-0.3, -0.25) is 9.69 Å². The molecule has 1 rings (SSSR count). The number of hydrogen-bond donors (Lipinski definition) is 0. The van der Waals surface area contributed by atoms with Crippen LogP contribution in [0.15, 0.2) is 42.1 Å². The number of ether oxygens (including phenoxy) is 2. The van der Waals surface area contributed by atoms with Crippen molar-refractivity contribution in [1.29, 1.82) is 0 Å². The minimum absolute atomic E-state index is 0.176. The minimum Gasteiger partial charge on any atom is -0.468 e. The van der Waals surface area contributed by atoms with Gasteiger partial charge in [0.15, 0.2) is 0 Å². The summed E-state index contributed by atoms with van der Waals surface area (Å²) in [5, 5.41) is 2.16. The molecule has 0 saturated heterocycles. The molecule has 0 aliphatic heterocycles. The third kappa shape index (κ3) is 5.73. The maximum Gasteiger partial charge on any atom is 0.411 e. The molecule has 0 aromatic heterocycles. The summed E-state index contributed by atoms with van der Waals surface area (Å²) < 4.78 is 10.2. The number of benzene rings is 1. The second-order valence-corrected chi connectivity index (χ2v) is 12.3. The number of methoxy groups -OCH3 is 1. The van der Waals surface area contributed by atoms with E-state index in [0.717, 1.165) is 5.20 Å². The summed E-state index contributed by atoms with van der Waals surface area (Å²) in [4.78, 5) is 25.9. The Bertz CT molecular complexity index is 650. The van der Waals surface area contributed by atoms with Crippen molar-refractivity contribution in [3.05, 3.63) is 42.1 Å². The molecule has 1 aromatic rings. The van der Waals surface area contributed by atoms with Crippen molar-refractivity contribution in [2.24, 2.45) is 0 Å². The maximum atomic E-state index is 12.7. The average Bonchev–Trinajstić information content (AvgIpc) is 2.57. The second-order valence-electron chi connectivity index (χ2n) is 7.88. The van der Waals surface area contributed by atoms with Crippen molar-refractivity contribution in [2.75, 3.05) is 13.7 Å². The van der Waals surface area contributed by atoms with Crippen molar-refractivity contribution in [1.82, 2.24) is 4.90 Å². The molecule has 0 saturated carbocycles. The Morgan fingerprint density at radius 3 is 2.19 bits per heavy atom. The molecule has 0 heterocycles. The highest BCUT2D eigenvalue weighted by Gasteiger charge is 2.36. The predicted molar refractivity (Wildman–Crippen MR) is 107 cm³/mol. The van der Waals surface area contributed by atoms with E-state index >= 15 is 0 Å². The molecular formula is C20H31NO4Si. The van der Waals surface area contributed by atoms with Gasteiger partial charge in [-0.05, 0) is 27.7 Å². The van der Waals surface area contributed by atoms with Gasteiger partial charge >= 0.3 is 12.1 Å². The van der Waals surface area contributed by atoms with E-state index < -0.39 is 25.7 Å². The van der Waals surface area contributed by atoms with Crippen LogP contribution in [0.3, 0.4) is 0 Å². The van der Waals surface area contributed by atoms with E-state index in [4.69, 9.17) is 9.47 Å². The standard InChI is InChI=1S/C20H31NO4Si/c1-15(16(2)26(7,8)17-12-10-9-11-13-17)21(14-18(22)24-6)19(23)25-20(3,4)5/h9-13,15H,2,14H2,1,3-8H3/t15-/m0/s1. The van der Waals surface area contributed by atoms with Gasteiger partial charge in [-0.25, -0.2) is 4.79 Å². The molecule has 0 spiro atoms. The first kappa shape index (κ1) is 22.0. The molecule has 1 atom stereocenters. The van der Waals surface area contributed by atoms with E-state index in [9.17, 15) is 9.59 Å². The van der Waals surface area contributed by atoms with Crippen LogP contribution in [0.4, 0.5) is 4.79 Å². The highest BCUT2D eigenvalue weighted by Crippen LogP contribution is 2.23. The number of carbonyl (C=O) groups is 2. The lowest BCUT2D eigenvalue weighted by atomic mass is 10.2. The highest BCUT2D eigenvalue weighted by atomic mass is 28.3. The smallest absolute Gasteiger partial charge is 0.411 e. The lowest BCUT2D eigenvalue weighted by Crippen LogP contribution is -2.53. The average molecular weight is 378 g/mol. The SMILES string of the molecule is C=C([C@H](C)N(CC(=O)OC)C(=O)OC(C)(C)C)[Si](C)(C)c1ccccc1. The van der Waals surface area contributed by atoms with Gasteiger partial charge in [0.05, 0.1) is 13.2 Å². The van der Waals surface area contributed by atoms with Crippen molar-refractivity contribution < 1.29 is 19.1 Å². The van der Waals surface area contributed by atoms with Gasteiger partial charge in [-0.2, -0.15) is 0 Å². The normalized spacial score (nSPS) is 12.9. The number of esters is 1. The van der Waals surface area contributed by atoms with E-state index in [2.05, 4.69) is 31.8 Å². The number of rotatable bonds is 6. The van der Waals surface area contributed by atoms with Gasteiger partial charge in [0.25, 0.3) is 0 Å². The summed E-state index contributed by atoms with van der Waals surface area (Å²) >= 11 is 0. The minimum atomic E-state index is -2.07. The Balaban J connectivity index is 3.13. The van der Waals surface area contributed by atoms with Crippen LogP contribution in [0.1, 0.15) is 27.7 Å². The van der Waals surface area contributed by atoms with E-state index in [0.29, 0.717) is 0 Å². The summed E-state index contributed by atoms with van der Waals surface area (Å²) in [5.41, 5.74) is -0.654. The van der Waals surface area contributed by atoms with Gasteiger partial charge < -0.3 is 9.47 Å². The molecule has 1 amide bonds. The molecule has 0 aliphatic rings. The van der Waals surface area contributed by atoms with Gasteiger partial charge in [-0.1, -0.05) is 53.8 Å². The molecule has 5 nitrogen and oxygen atoms in total. The van der Waals surface area contributed by atoms with Crippen LogP contribution in [0, 0.1) is 0 Å². The van der Waals surface area contributed by atoms with Gasteiger partial charge in [0.2, 0.25) is 0 Å². The van der Waals surface area contributed by atoms with Crippen molar-refractivity contribution in [2.45, 2.75) is 52.4 Å². The van der Waals surface area contributed by atoms with Crippen LogP contribution in [0.5, 0.6) is 0 Å². The van der Waals surface area contributed by atoms with Crippen LogP contribution >= 0.6 is 0 Å². The summed E-state index contributed by atoms with van der Waals surface area (Å²) in [5.74, 6) is -0.491. The summed E-state index contributed by atoms with van der Waals surface area (Å²) in [7, 11) is -0.767. The topological polar surface area (TPSA) is 55.8 Å². The third-order valence-electron chi connectivity index (χ3n) is 4.43. The lowest BCUT2D eigenvalue weighted by molar-refractivity contribution is -0.142. The molecule has 0 bridgehead atoms. The Morgan fingerprint density at radius 1 is 1.19 bits per heavy atom. The Kier molecular flexibility index (Phi) is 7.21. The third-order valence-corrected chi connectivity index (χ3v) is 8.23. The van der Waals surface area contributed by atoms with E-state index in [1.165, 1.54) is 17.2 Å². The number of carbonyl (C=O) groups excluding carboxylic acids is 2. The van der Waals surface area contributed by atoms with Crippen molar-refractivity contribution in [3.8, 4) is 0 Å². The van der Waals surface area contributed by atoms with E-state index in [1.807, 2.05) is 25.1 Å². The fourth-order valence-electron chi connectivity index (χ4n) is 2.63. The molecule has 144 valence electrons. The number of amides is 1. The first-order valence-electron chi connectivity index (χ1n) is 8.71. The number of hydrogen-bond acceptors (Lipinski definition) is 4. The molecule has 0 unspecified atom stereocenters. The summed E-state index contributed by atoms with van der Waals surface area (Å²) in [6.07, 6.45) is -0.547. The van der Waals surface area contributed by atoms with Crippen LogP contribution in [0.2, 0.25) is 13.1 Å². The summed E-state index contributed by atoms with van der Waals surface area (Å²) in [6, 6.07) is 9.80. The zero-order valence-electron chi connectivity index (χ0n) is 17.0. The quantitative estimate of drug-likeness (QED) is 0.562. The molecule has 0 fully saturated rings. The number of nitrogens with zero attached hydrogens (tertiary/aromatic N) is 1. The van der Waals surface area contributed by atoms with Crippen LogP contribution < -0.4 is 5.19 Å². The van der Waals surface area contributed by atoms with E-state index in [1.54, 1.807) is 20.8 Å². The van der Waals surface area contributed by atoms with Crippen LogP contribution in [-0.4, -0.2) is 50.3 Å². The fraction of sp³-hybridized carbons (Fsp3) is 0.500. The molecule has 6 heteroatoms. The van der Waals surface area contributed by atoms with Gasteiger partial charge in [0, 0.05) is 0 Å². The van der Waals surface area contributed by atoms with Gasteiger partial charge in [0.1, 0.15) is 20.2 Å². The molecule has 1 aromatic carbocycles. The zero-order valence-corrected chi connectivity index (χ0v) is 18.0. The molecule has 0 N–H and O–H groups in total. The maximum absolute atomic E-state index is 12.7. The Hall–Kier alpha value is -2.08. The molecule has 0 radical (unpaired) electrons. The largest absolute Gasteiger partial charge is 0.468 e. The molecular weight excluding hydrogens is 346 g/mol. The second kappa shape index (κ2) is 8.53. The predicted octanol–water partition coefficient (Wildman–Crippen LogP) is 3.50. The first-order valence-corrected chi connectivity index (χ1v) is 11.7. The monoisotopic (exact) mass is 377 g/mol. The van der Waals surface area contributed by atoms with Crippen LogP contribution in [0.25, 0.3) is 0 Å². The summed E-state index contributed by atoms with van der Waals surface area (Å²) in [6.45, 7) is 15.8. The van der Waals surface area contributed by atoms with Crippen molar-refractivity contribution >= 4 is 25.3 Å². The van der Waals surface area contributed by atoms with Gasteiger partial charge in [-0.15, -0.1) is 6.58 Å².